The molecule has 134 valence electrons. The van der Waals surface area contributed by atoms with Crippen molar-refractivity contribution in [3.63, 3.8) is 0 Å². The Kier molecular flexibility index (Phi) is 3.92. The molecule has 1 aromatic carbocycles. The summed E-state index contributed by atoms with van der Waals surface area (Å²) in [6.07, 6.45) is 2.02. The molecular formula is C19H14FN5O2. The first kappa shape index (κ1) is 16.8. The van der Waals surface area contributed by atoms with Gasteiger partial charge < -0.3 is 4.98 Å². The van der Waals surface area contributed by atoms with Gasteiger partial charge in [-0.2, -0.15) is 5.26 Å². The van der Waals surface area contributed by atoms with Gasteiger partial charge in [0, 0.05) is 6.20 Å². The van der Waals surface area contributed by atoms with Crippen molar-refractivity contribution >= 4 is 0 Å². The average molecular weight is 363 g/mol. The quantitative estimate of drug-likeness (QED) is 0.739. The standard InChI is InChI=1S/C19H14FN5O2/c1-9-2-10(4-11(20)3-9)12-5-13(12)14-6-16(24-25-17(14)7-21)15-8-22-19(27)23-18(15)26/h2-4,6,8,12-13H,5H2,1H3,(H2,22,23,26,27)/t12-,13+/m1/s1. The fourth-order valence-corrected chi connectivity index (χ4v) is 3.39. The van der Waals surface area contributed by atoms with Gasteiger partial charge in [0.25, 0.3) is 5.56 Å². The Bertz CT molecular complexity index is 1190. The topological polar surface area (TPSA) is 115 Å². The van der Waals surface area contributed by atoms with Crippen LogP contribution in [0, 0.1) is 24.1 Å². The number of hydrogen-bond acceptors (Lipinski definition) is 5. The van der Waals surface area contributed by atoms with E-state index in [1.807, 2.05) is 19.1 Å². The van der Waals surface area contributed by atoms with Crippen LogP contribution in [-0.4, -0.2) is 20.2 Å². The van der Waals surface area contributed by atoms with Crippen molar-refractivity contribution in [3.05, 3.63) is 79.5 Å². The summed E-state index contributed by atoms with van der Waals surface area (Å²) in [4.78, 5) is 27.7. The van der Waals surface area contributed by atoms with Crippen LogP contribution in [0.25, 0.3) is 11.3 Å². The van der Waals surface area contributed by atoms with E-state index in [1.165, 1.54) is 18.3 Å². The van der Waals surface area contributed by atoms with E-state index in [1.54, 1.807) is 6.07 Å². The SMILES string of the molecule is Cc1cc(F)cc([C@H]2C[C@@H]2c2cc(-c3c[nH]c(=O)[nH]c3=O)nnc2C#N)c1. The average Bonchev–Trinajstić information content (AvgIpc) is 3.41. The molecule has 1 saturated carbocycles. The van der Waals surface area contributed by atoms with Gasteiger partial charge in [0.15, 0.2) is 5.69 Å². The highest BCUT2D eigenvalue weighted by molar-refractivity contribution is 5.59. The zero-order valence-electron chi connectivity index (χ0n) is 14.3. The number of halogens is 1. The lowest BCUT2D eigenvalue weighted by molar-refractivity contribution is 0.624. The van der Waals surface area contributed by atoms with Crippen LogP contribution in [0.1, 0.15) is 40.6 Å². The molecule has 0 bridgehead atoms. The van der Waals surface area contributed by atoms with Crippen LogP contribution < -0.4 is 11.2 Å². The first-order valence-corrected chi connectivity index (χ1v) is 8.33. The Morgan fingerprint density at radius 2 is 2.00 bits per heavy atom. The van der Waals surface area contributed by atoms with Crippen molar-refractivity contribution in [1.29, 1.82) is 5.26 Å². The van der Waals surface area contributed by atoms with Crippen LogP contribution in [0.3, 0.4) is 0 Å². The summed E-state index contributed by atoms with van der Waals surface area (Å²) in [5.74, 6) is -0.209. The molecule has 3 aromatic rings. The minimum Gasteiger partial charge on any atom is -0.313 e. The first-order valence-electron chi connectivity index (χ1n) is 8.33. The number of aromatic nitrogens is 4. The number of nitriles is 1. The summed E-state index contributed by atoms with van der Waals surface area (Å²) in [6, 6.07) is 8.57. The molecule has 7 nitrogen and oxygen atoms in total. The Morgan fingerprint density at radius 1 is 1.19 bits per heavy atom. The Morgan fingerprint density at radius 3 is 2.70 bits per heavy atom. The van der Waals surface area contributed by atoms with E-state index in [4.69, 9.17) is 0 Å². The Labute approximate surface area is 152 Å². The molecule has 0 radical (unpaired) electrons. The molecule has 0 aliphatic heterocycles. The second-order valence-corrected chi connectivity index (χ2v) is 6.64. The van der Waals surface area contributed by atoms with Gasteiger partial charge in [0.05, 0.1) is 5.56 Å². The maximum Gasteiger partial charge on any atom is 0.325 e. The van der Waals surface area contributed by atoms with Gasteiger partial charge in [-0.1, -0.05) is 6.07 Å². The largest absolute Gasteiger partial charge is 0.325 e. The van der Waals surface area contributed by atoms with Gasteiger partial charge in [-0.15, -0.1) is 10.2 Å². The number of aryl methyl sites for hydroxylation is 1. The number of H-pyrrole nitrogens is 2. The number of nitrogens with one attached hydrogen (secondary N) is 2. The molecule has 2 atom stereocenters. The van der Waals surface area contributed by atoms with Crippen LogP contribution in [-0.2, 0) is 0 Å². The molecule has 2 heterocycles. The molecule has 1 aliphatic rings. The summed E-state index contributed by atoms with van der Waals surface area (Å²) in [6.45, 7) is 1.83. The lowest BCUT2D eigenvalue weighted by Crippen LogP contribution is -2.23. The molecule has 4 rings (SSSR count). The van der Waals surface area contributed by atoms with Crippen LogP contribution in [0.2, 0.25) is 0 Å². The van der Waals surface area contributed by atoms with E-state index >= 15 is 0 Å². The molecule has 2 aromatic heterocycles. The van der Waals surface area contributed by atoms with Gasteiger partial charge in [-0.25, -0.2) is 9.18 Å². The molecule has 27 heavy (non-hydrogen) atoms. The number of aromatic amines is 2. The molecule has 8 heteroatoms. The zero-order chi connectivity index (χ0) is 19.1. The lowest BCUT2D eigenvalue weighted by Gasteiger charge is -2.06. The number of hydrogen-bond donors (Lipinski definition) is 2. The van der Waals surface area contributed by atoms with E-state index in [2.05, 4.69) is 20.2 Å². The van der Waals surface area contributed by atoms with Crippen LogP contribution in [0.4, 0.5) is 4.39 Å². The number of rotatable bonds is 3. The van der Waals surface area contributed by atoms with Crippen LogP contribution >= 0.6 is 0 Å². The number of benzene rings is 1. The van der Waals surface area contributed by atoms with E-state index in [-0.39, 0.29) is 34.6 Å². The van der Waals surface area contributed by atoms with E-state index in [0.717, 1.165) is 17.5 Å². The molecule has 1 fully saturated rings. The van der Waals surface area contributed by atoms with Gasteiger partial charge in [-0.3, -0.25) is 9.78 Å². The second-order valence-electron chi connectivity index (χ2n) is 6.64. The maximum atomic E-state index is 13.7. The van der Waals surface area contributed by atoms with Gasteiger partial charge in [0.1, 0.15) is 17.6 Å². The molecule has 0 unspecified atom stereocenters. The van der Waals surface area contributed by atoms with Crippen LogP contribution in [0.5, 0.6) is 0 Å². The van der Waals surface area contributed by atoms with Gasteiger partial charge in [0.2, 0.25) is 0 Å². The normalized spacial score (nSPS) is 18.1. The zero-order valence-corrected chi connectivity index (χ0v) is 14.3. The van der Waals surface area contributed by atoms with Crippen molar-refractivity contribution < 1.29 is 4.39 Å². The maximum absolute atomic E-state index is 13.7. The minimum absolute atomic E-state index is 0.00283. The predicted octanol–water partition coefficient (Wildman–Crippen LogP) is 2.11. The summed E-state index contributed by atoms with van der Waals surface area (Å²) in [7, 11) is 0. The Balaban J connectivity index is 1.74. The molecular weight excluding hydrogens is 349 g/mol. The van der Waals surface area contributed by atoms with Crippen LogP contribution in [0.15, 0.2) is 40.1 Å². The van der Waals surface area contributed by atoms with E-state index in [0.29, 0.717) is 5.56 Å². The van der Waals surface area contributed by atoms with Crippen molar-refractivity contribution in [2.45, 2.75) is 25.2 Å². The fraction of sp³-hybridized carbons (Fsp3) is 0.211. The van der Waals surface area contributed by atoms with Crippen molar-refractivity contribution in [2.24, 2.45) is 0 Å². The molecule has 1 aliphatic carbocycles. The molecule has 0 spiro atoms. The van der Waals surface area contributed by atoms with Crippen molar-refractivity contribution in [2.75, 3.05) is 0 Å². The van der Waals surface area contributed by atoms with Crippen molar-refractivity contribution in [3.8, 4) is 17.3 Å². The van der Waals surface area contributed by atoms with E-state index < -0.39 is 11.2 Å². The third-order valence-electron chi connectivity index (χ3n) is 4.71. The predicted molar refractivity (Wildman–Crippen MR) is 94.7 cm³/mol. The summed E-state index contributed by atoms with van der Waals surface area (Å²) < 4.78 is 13.7. The minimum atomic E-state index is -0.616. The smallest absolute Gasteiger partial charge is 0.313 e. The lowest BCUT2D eigenvalue weighted by atomic mass is 10.0. The second kappa shape index (κ2) is 6.29. The highest BCUT2D eigenvalue weighted by Gasteiger charge is 2.41. The summed E-state index contributed by atoms with van der Waals surface area (Å²) in [5.41, 5.74) is 1.78. The first-order chi connectivity index (χ1) is 13.0. The fourth-order valence-electron chi connectivity index (χ4n) is 3.39. The molecule has 0 amide bonds. The number of nitrogens with zero attached hydrogens (tertiary/aromatic N) is 3. The molecule has 2 N–H and O–H groups in total. The third-order valence-corrected chi connectivity index (χ3v) is 4.71. The third kappa shape index (κ3) is 3.15. The monoisotopic (exact) mass is 363 g/mol. The van der Waals surface area contributed by atoms with Gasteiger partial charge >= 0.3 is 5.69 Å². The van der Waals surface area contributed by atoms with Crippen molar-refractivity contribution in [1.82, 2.24) is 20.2 Å². The highest BCUT2D eigenvalue weighted by atomic mass is 19.1. The van der Waals surface area contributed by atoms with Gasteiger partial charge in [-0.05, 0) is 60.1 Å². The molecule has 0 saturated heterocycles. The van der Waals surface area contributed by atoms with E-state index in [9.17, 15) is 19.2 Å². The summed E-state index contributed by atoms with van der Waals surface area (Å²) >= 11 is 0. The highest BCUT2D eigenvalue weighted by Crippen LogP contribution is 2.55. The summed E-state index contributed by atoms with van der Waals surface area (Å²) in [5, 5.41) is 17.2. The Hall–Kier alpha value is -3.60.